The molecule has 0 aliphatic rings. The molecule has 0 saturated heterocycles. The van der Waals surface area contributed by atoms with Gasteiger partial charge < -0.3 is 0 Å². The summed E-state index contributed by atoms with van der Waals surface area (Å²) < 4.78 is 0. The summed E-state index contributed by atoms with van der Waals surface area (Å²) in [6, 6.07) is 0. The van der Waals surface area contributed by atoms with Gasteiger partial charge in [0.15, 0.2) is 0 Å². The van der Waals surface area contributed by atoms with E-state index in [1.165, 1.54) is 0 Å². The lowest BCUT2D eigenvalue weighted by atomic mass is 9.28. The van der Waals surface area contributed by atoms with E-state index in [4.69, 9.17) is 0 Å². The SMILES string of the molecule is C[B][B][B]S. The van der Waals surface area contributed by atoms with Crippen LogP contribution in [-0.4, -0.2) is 20.7 Å². The second kappa shape index (κ2) is 4.54. The summed E-state index contributed by atoms with van der Waals surface area (Å²) in [6.07, 6.45) is 1.69. The van der Waals surface area contributed by atoms with E-state index in [1.807, 2.05) is 21.1 Å². The monoisotopic (exact) mass is 81.0 g/mol. The van der Waals surface area contributed by atoms with E-state index >= 15 is 0 Å². The van der Waals surface area contributed by atoms with Crippen molar-refractivity contribution in [3.63, 3.8) is 0 Å². The summed E-state index contributed by atoms with van der Waals surface area (Å²) >= 11 is 3.79. The van der Waals surface area contributed by atoms with Crippen LogP contribution in [0.2, 0.25) is 6.82 Å². The van der Waals surface area contributed by atoms with Crippen LogP contribution in [0.15, 0.2) is 0 Å². The van der Waals surface area contributed by atoms with E-state index in [-0.39, 0.29) is 0 Å². The topological polar surface area (TPSA) is 0 Å². The van der Waals surface area contributed by atoms with Crippen LogP contribution in [0.1, 0.15) is 0 Å². The second-order valence-corrected chi connectivity index (χ2v) is 0.973. The van der Waals surface area contributed by atoms with Crippen molar-refractivity contribution in [1.29, 1.82) is 0 Å². The molecule has 3 radical (unpaired) electrons. The molecule has 5 heavy (non-hydrogen) atoms. The highest BCUT2D eigenvalue weighted by Crippen LogP contribution is 1.58. The zero-order valence-electron chi connectivity index (χ0n) is 3.18. The van der Waals surface area contributed by atoms with Crippen LogP contribution in [0.3, 0.4) is 0 Å². The van der Waals surface area contributed by atoms with Gasteiger partial charge in [-0.25, -0.2) is 12.5 Å². The van der Waals surface area contributed by atoms with Gasteiger partial charge in [0.1, 0.15) is 6.45 Å². The Morgan fingerprint density at radius 2 is 2.20 bits per heavy atom. The standard InChI is InChI=1S/CH4B3S/c1-2-3-4-5/h5H,1H3. The molecule has 0 aromatic rings. The van der Waals surface area contributed by atoms with Crippen LogP contribution in [0.4, 0.5) is 0 Å². The lowest BCUT2D eigenvalue weighted by Gasteiger charge is -1.71. The smallest absolute Gasteiger partial charge is 0.131 e. The molecular weight excluding hydrogens is 76.5 g/mol. The highest BCUT2D eigenvalue weighted by Gasteiger charge is 1.77. The molecular formula is CH4B3S. The molecule has 0 aliphatic carbocycles. The van der Waals surface area contributed by atoms with Crippen molar-refractivity contribution in [1.82, 2.24) is 0 Å². The van der Waals surface area contributed by atoms with Crippen LogP contribution in [0.25, 0.3) is 0 Å². The molecule has 0 unspecified atom stereocenters. The van der Waals surface area contributed by atoms with E-state index < -0.39 is 0 Å². The first-order valence-corrected chi connectivity index (χ1v) is 2.02. The normalized spacial score (nSPS) is 6.00. The van der Waals surface area contributed by atoms with Crippen LogP contribution in [-0.2, 0) is 0 Å². The van der Waals surface area contributed by atoms with Crippen molar-refractivity contribution < 1.29 is 0 Å². The largest absolute Gasteiger partial charge is 0.246 e. The van der Waals surface area contributed by atoms with Gasteiger partial charge in [0.25, 0.3) is 0 Å². The molecule has 0 atom stereocenters. The Bertz CT molecular complexity index is 14.4. The fourth-order valence-electron chi connectivity index (χ4n) is 0.0861. The highest BCUT2D eigenvalue weighted by molar-refractivity contribution is 8.13. The molecule has 0 nitrogen and oxygen atoms in total. The minimum absolute atomic E-state index is 1.69. The Hall–Kier alpha value is 0.545. The maximum atomic E-state index is 3.79. The van der Waals surface area contributed by atoms with Crippen LogP contribution in [0.5, 0.6) is 0 Å². The van der Waals surface area contributed by atoms with Gasteiger partial charge in [-0.1, -0.05) is 0 Å². The molecule has 0 bridgehead atoms. The maximum Gasteiger partial charge on any atom is 0.131 e. The Balaban J connectivity index is 2.19. The molecule has 0 aliphatic heterocycles. The number of hydrogen-bond donors (Lipinski definition) is 1. The molecule has 0 heterocycles. The molecule has 0 amide bonds. The van der Waals surface area contributed by atoms with Crippen molar-refractivity contribution in [2.75, 3.05) is 0 Å². The van der Waals surface area contributed by atoms with E-state index in [0.717, 1.165) is 0 Å². The van der Waals surface area contributed by atoms with Gasteiger partial charge in [-0.3, -0.25) is 0 Å². The summed E-state index contributed by atoms with van der Waals surface area (Å²) in [5, 5.41) is 0. The molecule has 23 valence electrons. The van der Waals surface area contributed by atoms with Gasteiger partial charge in [-0.05, 0) is 0 Å². The highest BCUT2D eigenvalue weighted by atomic mass is 32.1. The summed E-state index contributed by atoms with van der Waals surface area (Å²) in [5.74, 6) is 0. The number of rotatable bonds is 2. The lowest BCUT2D eigenvalue weighted by molar-refractivity contribution is 2.37. The minimum atomic E-state index is 1.69. The number of hydrogen-bond acceptors (Lipinski definition) is 1. The summed E-state index contributed by atoms with van der Waals surface area (Å²) in [5.41, 5.74) is 0. The first-order chi connectivity index (χ1) is 2.41. The van der Waals surface area contributed by atoms with Crippen LogP contribution < -0.4 is 0 Å². The van der Waals surface area contributed by atoms with Crippen molar-refractivity contribution >= 4 is 33.2 Å². The third-order valence-corrected chi connectivity index (χ3v) is 0.451. The van der Waals surface area contributed by atoms with Crippen molar-refractivity contribution in [3.05, 3.63) is 0 Å². The molecule has 4 heteroatoms. The molecule has 0 saturated carbocycles. The van der Waals surface area contributed by atoms with Gasteiger partial charge in [-0.15, -0.1) is 6.82 Å². The fraction of sp³-hybridized carbons (Fsp3) is 1.00. The number of thiol groups is 1. The van der Waals surface area contributed by atoms with Gasteiger partial charge in [0, 0.05) is 7.06 Å². The predicted octanol–water partition coefficient (Wildman–Crippen LogP) is -0.178. The predicted molar refractivity (Wildman–Crippen MR) is 32.1 cm³/mol. The first kappa shape index (κ1) is 5.54. The van der Waals surface area contributed by atoms with Gasteiger partial charge >= 0.3 is 0 Å². The Morgan fingerprint density at radius 3 is 2.20 bits per heavy atom. The third-order valence-electron chi connectivity index (χ3n) is 0.279. The van der Waals surface area contributed by atoms with Crippen molar-refractivity contribution in [3.8, 4) is 0 Å². The molecule has 0 aromatic carbocycles. The summed E-state index contributed by atoms with van der Waals surface area (Å²) in [7, 11) is 3.79. The van der Waals surface area contributed by atoms with E-state index in [2.05, 4.69) is 12.5 Å². The molecule has 0 N–H and O–H groups in total. The van der Waals surface area contributed by atoms with Crippen LogP contribution >= 0.6 is 12.5 Å². The van der Waals surface area contributed by atoms with E-state index in [9.17, 15) is 0 Å². The van der Waals surface area contributed by atoms with E-state index in [0.29, 0.717) is 0 Å². The third kappa shape index (κ3) is 4.54. The van der Waals surface area contributed by atoms with Gasteiger partial charge in [0.05, 0.1) is 7.17 Å². The summed E-state index contributed by atoms with van der Waals surface area (Å²) in [6.45, 7) is 1.95. The van der Waals surface area contributed by atoms with E-state index in [1.54, 1.807) is 6.45 Å². The zero-order chi connectivity index (χ0) is 4.12. The Morgan fingerprint density at radius 1 is 1.60 bits per heavy atom. The van der Waals surface area contributed by atoms with Crippen molar-refractivity contribution in [2.24, 2.45) is 0 Å². The Kier molecular flexibility index (Phi) is 5.04. The summed E-state index contributed by atoms with van der Waals surface area (Å²) in [4.78, 5) is 0. The lowest BCUT2D eigenvalue weighted by Crippen LogP contribution is -2.02. The average Bonchev–Trinajstić information content (AvgIpc) is 1.41. The minimum Gasteiger partial charge on any atom is -0.246 e. The zero-order valence-corrected chi connectivity index (χ0v) is 4.07. The first-order valence-electron chi connectivity index (χ1n) is 1.50. The average molecular weight is 80.5 g/mol. The molecule has 0 aromatic heterocycles. The van der Waals surface area contributed by atoms with Gasteiger partial charge in [0.2, 0.25) is 0 Å². The second-order valence-electron chi connectivity index (χ2n) is 0.675. The molecule has 0 rings (SSSR count). The fourth-order valence-corrected chi connectivity index (χ4v) is 0.258. The van der Waals surface area contributed by atoms with Crippen LogP contribution in [0, 0.1) is 0 Å². The van der Waals surface area contributed by atoms with Crippen molar-refractivity contribution in [2.45, 2.75) is 6.82 Å². The molecule has 0 fully saturated rings. The van der Waals surface area contributed by atoms with Gasteiger partial charge in [-0.2, -0.15) is 0 Å². The molecule has 0 spiro atoms. The Labute approximate surface area is 40.7 Å². The quantitative estimate of drug-likeness (QED) is 0.345. The maximum absolute atomic E-state index is 3.79.